The van der Waals surface area contributed by atoms with Crippen molar-refractivity contribution in [3.05, 3.63) is 72.4 Å². The summed E-state index contributed by atoms with van der Waals surface area (Å²) in [5.74, 6) is 0.0608. The van der Waals surface area contributed by atoms with E-state index in [0.717, 1.165) is 11.1 Å². The first-order valence-corrected chi connectivity index (χ1v) is 8.24. The number of hydrogen-bond acceptors (Lipinski definition) is 2. The molecule has 2 aromatic carbocycles. The Hall–Kier alpha value is -2.59. The van der Waals surface area contributed by atoms with E-state index in [1.807, 2.05) is 48.7 Å². The third kappa shape index (κ3) is 3.84. The van der Waals surface area contributed by atoms with E-state index in [1.165, 1.54) is 5.39 Å². The van der Waals surface area contributed by atoms with E-state index in [9.17, 15) is 9.90 Å². The monoisotopic (exact) mass is 322 g/mol. The van der Waals surface area contributed by atoms with Crippen LogP contribution in [0.4, 0.5) is 0 Å². The Morgan fingerprint density at radius 2 is 1.75 bits per heavy atom. The van der Waals surface area contributed by atoms with Crippen molar-refractivity contribution in [2.45, 2.75) is 19.5 Å². The number of aromatic nitrogens is 1. The fourth-order valence-electron chi connectivity index (χ4n) is 2.93. The molecule has 1 heterocycles. The Labute approximate surface area is 141 Å². The predicted octanol–water partition coefficient (Wildman–Crippen LogP) is 3.05. The third-order valence-corrected chi connectivity index (χ3v) is 4.19. The summed E-state index contributed by atoms with van der Waals surface area (Å²) >= 11 is 0. The lowest BCUT2D eigenvalue weighted by Gasteiger charge is -2.22. The molecule has 3 aromatic rings. The van der Waals surface area contributed by atoms with Crippen LogP contribution >= 0.6 is 0 Å². The Bertz CT molecular complexity index is 796. The molecule has 4 heteroatoms. The van der Waals surface area contributed by atoms with Crippen LogP contribution in [0.5, 0.6) is 0 Å². The minimum absolute atomic E-state index is 0.0228. The van der Waals surface area contributed by atoms with Gasteiger partial charge in [-0.1, -0.05) is 48.5 Å². The molecular weight excluding hydrogens is 300 g/mol. The molecule has 0 aliphatic rings. The zero-order chi connectivity index (χ0) is 16.8. The highest BCUT2D eigenvalue weighted by Crippen LogP contribution is 2.16. The van der Waals surface area contributed by atoms with Crippen molar-refractivity contribution in [1.29, 1.82) is 0 Å². The van der Waals surface area contributed by atoms with Crippen LogP contribution in [0.15, 0.2) is 66.9 Å². The van der Waals surface area contributed by atoms with E-state index in [-0.39, 0.29) is 12.5 Å². The van der Waals surface area contributed by atoms with Crippen LogP contribution in [0.2, 0.25) is 0 Å². The zero-order valence-electron chi connectivity index (χ0n) is 13.6. The van der Waals surface area contributed by atoms with Crippen molar-refractivity contribution in [3.63, 3.8) is 0 Å². The van der Waals surface area contributed by atoms with Gasteiger partial charge in [-0.05, 0) is 23.1 Å². The SMILES string of the molecule is O=C(CCn1ccc2ccccc21)N(CCO)Cc1ccccc1. The van der Waals surface area contributed by atoms with E-state index in [1.54, 1.807) is 4.90 Å². The number of benzene rings is 2. The molecule has 3 rings (SSSR count). The van der Waals surface area contributed by atoms with Gasteiger partial charge in [-0.2, -0.15) is 0 Å². The number of nitrogens with zero attached hydrogens (tertiary/aromatic N) is 2. The van der Waals surface area contributed by atoms with Gasteiger partial charge < -0.3 is 14.6 Å². The molecule has 0 spiro atoms. The summed E-state index contributed by atoms with van der Waals surface area (Å²) in [6.45, 7) is 1.51. The van der Waals surface area contributed by atoms with Crippen LogP contribution in [0.25, 0.3) is 10.9 Å². The average Bonchev–Trinajstić information content (AvgIpc) is 3.03. The van der Waals surface area contributed by atoms with Crippen LogP contribution in [0, 0.1) is 0 Å². The second-order valence-corrected chi connectivity index (χ2v) is 5.84. The molecule has 0 fully saturated rings. The molecule has 0 saturated heterocycles. The fourth-order valence-corrected chi connectivity index (χ4v) is 2.93. The maximum absolute atomic E-state index is 12.6. The number of carbonyl (C=O) groups excluding carboxylic acids is 1. The molecule has 0 aliphatic carbocycles. The van der Waals surface area contributed by atoms with Crippen LogP contribution in [0.3, 0.4) is 0 Å². The number of fused-ring (bicyclic) bond motifs is 1. The minimum atomic E-state index is -0.0228. The standard InChI is InChI=1S/C20H22N2O2/c23-15-14-22(16-17-6-2-1-3-7-17)20(24)11-13-21-12-10-18-8-4-5-9-19(18)21/h1-10,12,23H,11,13-16H2. The van der Waals surface area contributed by atoms with Crippen molar-refractivity contribution in [2.75, 3.05) is 13.2 Å². The highest BCUT2D eigenvalue weighted by Gasteiger charge is 2.14. The van der Waals surface area contributed by atoms with Gasteiger partial charge in [0.1, 0.15) is 0 Å². The number of rotatable bonds is 7. The Morgan fingerprint density at radius 1 is 1.00 bits per heavy atom. The van der Waals surface area contributed by atoms with Gasteiger partial charge in [-0.15, -0.1) is 0 Å². The minimum Gasteiger partial charge on any atom is -0.395 e. The Balaban J connectivity index is 1.65. The van der Waals surface area contributed by atoms with Crippen molar-refractivity contribution >= 4 is 16.8 Å². The van der Waals surface area contributed by atoms with E-state index in [0.29, 0.717) is 26.1 Å². The van der Waals surface area contributed by atoms with Crippen LogP contribution in [-0.2, 0) is 17.9 Å². The van der Waals surface area contributed by atoms with Crippen LogP contribution in [-0.4, -0.2) is 33.6 Å². The van der Waals surface area contributed by atoms with Crippen molar-refractivity contribution < 1.29 is 9.90 Å². The molecule has 1 N–H and O–H groups in total. The molecule has 0 aliphatic heterocycles. The van der Waals surface area contributed by atoms with Crippen molar-refractivity contribution in [3.8, 4) is 0 Å². The molecule has 0 bridgehead atoms. The van der Waals surface area contributed by atoms with E-state index in [2.05, 4.69) is 22.8 Å². The van der Waals surface area contributed by atoms with E-state index < -0.39 is 0 Å². The van der Waals surface area contributed by atoms with Gasteiger partial charge in [0.25, 0.3) is 0 Å². The van der Waals surface area contributed by atoms with Gasteiger partial charge in [0.2, 0.25) is 5.91 Å². The predicted molar refractivity (Wildman–Crippen MR) is 95.5 cm³/mol. The highest BCUT2D eigenvalue weighted by atomic mass is 16.3. The van der Waals surface area contributed by atoms with Crippen molar-refractivity contribution in [1.82, 2.24) is 9.47 Å². The number of amides is 1. The van der Waals surface area contributed by atoms with E-state index >= 15 is 0 Å². The first-order chi connectivity index (χ1) is 11.8. The number of aliphatic hydroxyl groups excluding tert-OH is 1. The van der Waals surface area contributed by atoms with Gasteiger partial charge in [-0.3, -0.25) is 4.79 Å². The quantitative estimate of drug-likeness (QED) is 0.727. The second-order valence-electron chi connectivity index (χ2n) is 5.84. The molecule has 0 radical (unpaired) electrons. The number of hydrogen-bond donors (Lipinski definition) is 1. The zero-order valence-corrected chi connectivity index (χ0v) is 13.6. The van der Waals surface area contributed by atoms with Gasteiger partial charge in [-0.25, -0.2) is 0 Å². The molecule has 0 atom stereocenters. The van der Waals surface area contributed by atoms with E-state index in [4.69, 9.17) is 0 Å². The maximum Gasteiger partial charge on any atom is 0.224 e. The van der Waals surface area contributed by atoms with Crippen LogP contribution < -0.4 is 0 Å². The topological polar surface area (TPSA) is 45.5 Å². The summed E-state index contributed by atoms with van der Waals surface area (Å²) < 4.78 is 2.10. The summed E-state index contributed by atoms with van der Waals surface area (Å²) in [7, 11) is 0. The summed E-state index contributed by atoms with van der Waals surface area (Å²) in [5, 5.41) is 10.4. The summed E-state index contributed by atoms with van der Waals surface area (Å²) in [4.78, 5) is 14.3. The highest BCUT2D eigenvalue weighted by molar-refractivity contribution is 5.80. The summed E-state index contributed by atoms with van der Waals surface area (Å²) in [6, 6.07) is 20.1. The lowest BCUT2D eigenvalue weighted by atomic mass is 10.2. The molecule has 24 heavy (non-hydrogen) atoms. The number of aliphatic hydroxyl groups is 1. The molecule has 4 nitrogen and oxygen atoms in total. The van der Waals surface area contributed by atoms with Gasteiger partial charge >= 0.3 is 0 Å². The third-order valence-electron chi connectivity index (χ3n) is 4.19. The first-order valence-electron chi connectivity index (χ1n) is 8.24. The number of para-hydroxylation sites is 1. The Kier molecular flexibility index (Phi) is 5.29. The molecule has 0 saturated carbocycles. The average molecular weight is 322 g/mol. The lowest BCUT2D eigenvalue weighted by Crippen LogP contribution is -2.33. The summed E-state index contributed by atoms with van der Waals surface area (Å²) in [6.07, 6.45) is 2.44. The maximum atomic E-state index is 12.6. The fraction of sp³-hybridized carbons (Fsp3) is 0.250. The molecule has 0 unspecified atom stereocenters. The lowest BCUT2D eigenvalue weighted by molar-refractivity contribution is -0.132. The molecule has 1 aromatic heterocycles. The van der Waals surface area contributed by atoms with Crippen LogP contribution in [0.1, 0.15) is 12.0 Å². The van der Waals surface area contributed by atoms with Gasteiger partial charge in [0, 0.05) is 37.8 Å². The smallest absolute Gasteiger partial charge is 0.224 e. The molecular formula is C20H22N2O2. The normalized spacial score (nSPS) is 10.9. The first kappa shape index (κ1) is 16.3. The largest absolute Gasteiger partial charge is 0.395 e. The summed E-state index contributed by atoms with van der Waals surface area (Å²) in [5.41, 5.74) is 2.22. The second kappa shape index (κ2) is 7.79. The molecule has 1 amide bonds. The number of aryl methyl sites for hydroxylation is 1. The number of carbonyl (C=O) groups is 1. The van der Waals surface area contributed by atoms with Crippen molar-refractivity contribution in [2.24, 2.45) is 0 Å². The van der Waals surface area contributed by atoms with Gasteiger partial charge in [0.15, 0.2) is 0 Å². The molecule has 124 valence electrons. The van der Waals surface area contributed by atoms with Gasteiger partial charge in [0.05, 0.1) is 6.61 Å². The Morgan fingerprint density at radius 3 is 2.54 bits per heavy atom.